The largest absolute Gasteiger partial charge is 0.309 e. The molecule has 0 atom stereocenters. The highest BCUT2D eigenvalue weighted by molar-refractivity contribution is 7.28. The second-order valence-corrected chi connectivity index (χ2v) is 17.2. The van der Waals surface area contributed by atoms with Crippen LogP contribution in [0.15, 0.2) is 176 Å². The molecule has 0 amide bonds. The van der Waals surface area contributed by atoms with Crippen molar-refractivity contribution < 1.29 is 0 Å². The van der Waals surface area contributed by atoms with Gasteiger partial charge in [-0.1, -0.05) is 121 Å². The molecule has 9 aromatic carbocycles. The molecule has 3 heterocycles. The Kier molecular flexibility index (Phi) is 6.61. The number of fused-ring (bicyclic) bond motifs is 13. The lowest BCUT2D eigenvalue weighted by Crippen LogP contribution is -2.10. The SMILES string of the molecule is c1ccc2c(-c3ccc(N(c4cccc5sc6ccccc6c45)c4cccc5sc6ccc7sc8c9ccccc9ccc8c7c6c45)cc3)cccc2c1. The van der Waals surface area contributed by atoms with E-state index in [0.717, 1.165) is 5.69 Å². The van der Waals surface area contributed by atoms with Crippen molar-refractivity contribution >= 4 is 133 Å². The summed E-state index contributed by atoms with van der Waals surface area (Å²) in [4.78, 5) is 2.53. The maximum atomic E-state index is 2.53. The number of rotatable bonds is 4. The number of benzene rings is 9. The predicted octanol–water partition coefficient (Wildman–Crippen LogP) is 16.2. The maximum absolute atomic E-state index is 2.53. The highest BCUT2D eigenvalue weighted by Crippen LogP contribution is 2.52. The lowest BCUT2D eigenvalue weighted by Gasteiger charge is -2.28. The van der Waals surface area contributed by atoms with Crippen molar-refractivity contribution in [2.45, 2.75) is 0 Å². The summed E-state index contributed by atoms with van der Waals surface area (Å²) in [5.41, 5.74) is 6.01. The molecule has 0 fully saturated rings. The van der Waals surface area contributed by atoms with Crippen molar-refractivity contribution in [1.29, 1.82) is 0 Å². The van der Waals surface area contributed by atoms with Crippen molar-refractivity contribution in [2.75, 3.05) is 4.90 Å². The molecule has 0 aliphatic carbocycles. The highest BCUT2D eigenvalue weighted by atomic mass is 32.1. The molecule has 12 aromatic rings. The van der Waals surface area contributed by atoms with Crippen LogP contribution >= 0.6 is 34.0 Å². The van der Waals surface area contributed by atoms with Crippen molar-refractivity contribution in [3.63, 3.8) is 0 Å². The van der Waals surface area contributed by atoms with Gasteiger partial charge in [-0.25, -0.2) is 0 Å². The van der Waals surface area contributed by atoms with Crippen LogP contribution in [0.1, 0.15) is 0 Å². The minimum Gasteiger partial charge on any atom is -0.309 e. The van der Waals surface area contributed by atoms with E-state index >= 15 is 0 Å². The normalized spacial score (nSPS) is 12.1. The quantitative estimate of drug-likeness (QED) is 0.174. The molecule has 1 nitrogen and oxygen atoms in total. The van der Waals surface area contributed by atoms with Gasteiger partial charge in [0, 0.05) is 66.2 Å². The van der Waals surface area contributed by atoms with Crippen LogP contribution < -0.4 is 4.90 Å². The molecule has 3 aromatic heterocycles. The molecule has 0 N–H and O–H groups in total. The Labute approximate surface area is 323 Å². The van der Waals surface area contributed by atoms with E-state index in [1.165, 1.54) is 105 Å². The second-order valence-electron chi connectivity index (χ2n) is 14.0. The van der Waals surface area contributed by atoms with Gasteiger partial charge in [0.05, 0.1) is 11.4 Å². The molecule has 0 aliphatic heterocycles. The average Bonchev–Trinajstić information content (AvgIpc) is 3.93. The smallest absolute Gasteiger partial charge is 0.0555 e. The molecule has 252 valence electrons. The summed E-state index contributed by atoms with van der Waals surface area (Å²) in [6.45, 7) is 0. The van der Waals surface area contributed by atoms with Crippen molar-refractivity contribution in [3.05, 3.63) is 176 Å². The number of hydrogen-bond donors (Lipinski definition) is 0. The van der Waals surface area contributed by atoms with Gasteiger partial charge in [0.25, 0.3) is 0 Å². The molecule has 4 heteroatoms. The van der Waals surface area contributed by atoms with Gasteiger partial charge in [0.15, 0.2) is 0 Å². The van der Waals surface area contributed by atoms with E-state index in [1.807, 2.05) is 34.0 Å². The average molecular weight is 740 g/mol. The molecular weight excluding hydrogens is 711 g/mol. The molecule has 0 radical (unpaired) electrons. The van der Waals surface area contributed by atoms with Crippen LogP contribution in [0.25, 0.3) is 93.2 Å². The van der Waals surface area contributed by atoms with E-state index in [9.17, 15) is 0 Å². The molecule has 0 bridgehead atoms. The van der Waals surface area contributed by atoms with Crippen LogP contribution in [0, 0.1) is 0 Å². The molecule has 54 heavy (non-hydrogen) atoms. The third-order valence-electron chi connectivity index (χ3n) is 11.1. The van der Waals surface area contributed by atoms with Crippen molar-refractivity contribution in [3.8, 4) is 11.1 Å². The van der Waals surface area contributed by atoms with Crippen LogP contribution in [-0.4, -0.2) is 0 Å². The molecule has 0 unspecified atom stereocenters. The van der Waals surface area contributed by atoms with Crippen LogP contribution in [0.4, 0.5) is 17.1 Å². The van der Waals surface area contributed by atoms with Crippen LogP contribution in [0.3, 0.4) is 0 Å². The van der Waals surface area contributed by atoms with Gasteiger partial charge in [-0.05, 0) is 87.3 Å². The van der Waals surface area contributed by atoms with E-state index < -0.39 is 0 Å². The van der Waals surface area contributed by atoms with Crippen LogP contribution in [0.5, 0.6) is 0 Å². The first kappa shape index (κ1) is 30.4. The van der Waals surface area contributed by atoms with E-state index in [4.69, 9.17) is 0 Å². The van der Waals surface area contributed by atoms with E-state index in [-0.39, 0.29) is 0 Å². The zero-order valence-electron chi connectivity index (χ0n) is 28.9. The first-order chi connectivity index (χ1) is 26.8. The zero-order chi connectivity index (χ0) is 35.3. The number of hydrogen-bond acceptors (Lipinski definition) is 4. The lowest BCUT2D eigenvalue weighted by atomic mass is 9.97. The minimum absolute atomic E-state index is 1.14. The van der Waals surface area contributed by atoms with E-state index in [0.29, 0.717) is 0 Å². The standard InChI is InChI=1S/C50H29NS3/c1-3-13-34-30(10-1)12-7-16-35(34)32-22-25-33(26-23-32)51(39-17-8-20-42-46(39)37-15-5-6-19-41(37)52-42)40-18-9-21-43-48(40)49-45(53-43)29-28-44-47(49)38-27-24-31-11-2-4-14-36(31)50(38)54-44/h1-29H. The van der Waals surface area contributed by atoms with Crippen LogP contribution in [0.2, 0.25) is 0 Å². The second kappa shape index (κ2) is 11.7. The maximum Gasteiger partial charge on any atom is 0.0555 e. The molecule has 0 spiro atoms. The summed E-state index contributed by atoms with van der Waals surface area (Å²) in [7, 11) is 0. The van der Waals surface area contributed by atoms with Gasteiger partial charge in [-0.15, -0.1) is 34.0 Å². The third kappa shape index (κ3) is 4.42. The molecule has 0 saturated heterocycles. The van der Waals surface area contributed by atoms with Crippen LogP contribution in [-0.2, 0) is 0 Å². The zero-order valence-corrected chi connectivity index (χ0v) is 31.4. The fourth-order valence-electron chi connectivity index (χ4n) is 8.69. The minimum atomic E-state index is 1.14. The fraction of sp³-hybridized carbons (Fsp3) is 0. The Bertz CT molecular complexity index is 3450. The van der Waals surface area contributed by atoms with E-state index in [1.54, 1.807) is 0 Å². The number of anilines is 3. The summed E-state index contributed by atoms with van der Waals surface area (Å²) in [6.07, 6.45) is 0. The van der Waals surface area contributed by atoms with Crippen molar-refractivity contribution in [2.24, 2.45) is 0 Å². The third-order valence-corrected chi connectivity index (χ3v) is 14.5. The van der Waals surface area contributed by atoms with Gasteiger partial charge >= 0.3 is 0 Å². The van der Waals surface area contributed by atoms with Gasteiger partial charge < -0.3 is 4.90 Å². The first-order valence-corrected chi connectivity index (χ1v) is 20.7. The lowest BCUT2D eigenvalue weighted by molar-refractivity contribution is 1.32. The summed E-state index contributed by atoms with van der Waals surface area (Å²) in [5, 5.41) is 13.1. The highest BCUT2D eigenvalue weighted by Gasteiger charge is 2.24. The Morgan fingerprint density at radius 2 is 0.889 bits per heavy atom. The molecule has 0 saturated carbocycles. The Balaban J connectivity index is 1.17. The molecule has 0 aliphatic rings. The number of thiophene rings is 3. The van der Waals surface area contributed by atoms with Gasteiger partial charge in [0.2, 0.25) is 0 Å². The van der Waals surface area contributed by atoms with E-state index in [2.05, 4.69) is 181 Å². The first-order valence-electron chi connectivity index (χ1n) is 18.3. The topological polar surface area (TPSA) is 3.24 Å². The number of nitrogens with zero attached hydrogens (tertiary/aromatic N) is 1. The fourth-order valence-corrected chi connectivity index (χ4v) is 12.2. The van der Waals surface area contributed by atoms with Crippen molar-refractivity contribution in [1.82, 2.24) is 0 Å². The Hall–Kier alpha value is -6.04. The Morgan fingerprint density at radius 3 is 1.70 bits per heavy atom. The Morgan fingerprint density at radius 1 is 0.315 bits per heavy atom. The van der Waals surface area contributed by atoms with Gasteiger partial charge in [0.1, 0.15) is 0 Å². The van der Waals surface area contributed by atoms with Gasteiger partial charge in [-0.2, -0.15) is 0 Å². The summed E-state index contributed by atoms with van der Waals surface area (Å²) < 4.78 is 7.93. The molecule has 12 rings (SSSR count). The summed E-state index contributed by atoms with van der Waals surface area (Å²) >= 11 is 5.70. The summed E-state index contributed by atoms with van der Waals surface area (Å²) in [6, 6.07) is 65.2. The predicted molar refractivity (Wildman–Crippen MR) is 240 cm³/mol. The monoisotopic (exact) mass is 739 g/mol. The summed E-state index contributed by atoms with van der Waals surface area (Å²) in [5.74, 6) is 0. The van der Waals surface area contributed by atoms with Gasteiger partial charge in [-0.3, -0.25) is 0 Å². The molecular formula is C50H29NS3.